The maximum absolute atomic E-state index is 13.0. The van der Waals surface area contributed by atoms with E-state index in [2.05, 4.69) is 5.10 Å². The van der Waals surface area contributed by atoms with Crippen molar-refractivity contribution in [2.75, 3.05) is 14.1 Å². The van der Waals surface area contributed by atoms with E-state index in [1.165, 1.54) is 25.3 Å². The molecule has 14 heavy (non-hydrogen) atoms. The van der Waals surface area contributed by atoms with Gasteiger partial charge in [-0.1, -0.05) is 0 Å². The first-order valence-electron chi connectivity index (χ1n) is 4.17. The molecule has 0 amide bonds. The average molecular weight is 198 g/mol. The van der Waals surface area contributed by atoms with E-state index in [1.807, 2.05) is 0 Å². The van der Waals surface area contributed by atoms with Gasteiger partial charge in [0.15, 0.2) is 0 Å². The molecule has 0 aliphatic heterocycles. The van der Waals surface area contributed by atoms with Crippen molar-refractivity contribution in [1.82, 2.24) is 5.01 Å². The van der Waals surface area contributed by atoms with Crippen LogP contribution in [0, 0.1) is 18.6 Å². The molecule has 1 aromatic rings. The largest absolute Gasteiger partial charge is 0.303 e. The second-order valence-electron chi connectivity index (χ2n) is 3.20. The molecule has 0 atom stereocenters. The highest BCUT2D eigenvalue weighted by atomic mass is 19.1. The summed E-state index contributed by atoms with van der Waals surface area (Å²) in [5, 5.41) is 5.43. The molecule has 76 valence electrons. The van der Waals surface area contributed by atoms with Crippen LogP contribution in [0.4, 0.5) is 8.78 Å². The van der Waals surface area contributed by atoms with Crippen molar-refractivity contribution in [3.05, 3.63) is 34.9 Å². The van der Waals surface area contributed by atoms with E-state index >= 15 is 0 Å². The van der Waals surface area contributed by atoms with E-state index in [0.717, 1.165) is 0 Å². The SMILES string of the molecule is Cc1c(F)cc(/C=N/N(C)C)cc1F. The number of hydrogen-bond acceptors (Lipinski definition) is 2. The van der Waals surface area contributed by atoms with E-state index in [4.69, 9.17) is 0 Å². The Morgan fingerprint density at radius 1 is 1.21 bits per heavy atom. The molecule has 0 radical (unpaired) electrons. The molecule has 1 aromatic carbocycles. The van der Waals surface area contributed by atoms with Gasteiger partial charge in [-0.05, 0) is 19.1 Å². The van der Waals surface area contributed by atoms with Crippen LogP contribution in [-0.2, 0) is 0 Å². The molecule has 0 spiro atoms. The zero-order chi connectivity index (χ0) is 10.7. The van der Waals surface area contributed by atoms with Crippen molar-refractivity contribution in [2.45, 2.75) is 6.92 Å². The highest BCUT2D eigenvalue weighted by Gasteiger charge is 2.04. The van der Waals surface area contributed by atoms with E-state index in [0.29, 0.717) is 5.56 Å². The van der Waals surface area contributed by atoms with Crippen molar-refractivity contribution < 1.29 is 8.78 Å². The highest BCUT2D eigenvalue weighted by molar-refractivity contribution is 5.79. The third-order valence-corrected chi connectivity index (χ3v) is 1.74. The summed E-state index contributed by atoms with van der Waals surface area (Å²) < 4.78 is 26.1. The molecule has 0 aliphatic carbocycles. The van der Waals surface area contributed by atoms with Gasteiger partial charge in [-0.15, -0.1) is 0 Å². The summed E-state index contributed by atoms with van der Waals surface area (Å²) in [6.07, 6.45) is 1.41. The molecule has 0 unspecified atom stereocenters. The van der Waals surface area contributed by atoms with Gasteiger partial charge in [-0.25, -0.2) is 8.78 Å². The minimum absolute atomic E-state index is 0.0343. The molecule has 0 heterocycles. The van der Waals surface area contributed by atoms with E-state index in [9.17, 15) is 8.78 Å². The Morgan fingerprint density at radius 3 is 2.14 bits per heavy atom. The minimum Gasteiger partial charge on any atom is -0.303 e. The fraction of sp³-hybridized carbons (Fsp3) is 0.300. The molecule has 2 nitrogen and oxygen atoms in total. The van der Waals surface area contributed by atoms with Crippen molar-refractivity contribution in [3.8, 4) is 0 Å². The van der Waals surface area contributed by atoms with Gasteiger partial charge in [0.2, 0.25) is 0 Å². The third kappa shape index (κ3) is 2.52. The van der Waals surface area contributed by atoms with Crippen molar-refractivity contribution >= 4 is 6.21 Å². The number of nitrogens with zero attached hydrogens (tertiary/aromatic N) is 2. The summed E-state index contributed by atoms with van der Waals surface area (Å²) in [5.41, 5.74) is 0.450. The van der Waals surface area contributed by atoms with Crippen LogP contribution in [0.2, 0.25) is 0 Å². The number of hydrazone groups is 1. The predicted octanol–water partition coefficient (Wildman–Crippen LogP) is 2.17. The Kier molecular flexibility index (Phi) is 3.17. The summed E-state index contributed by atoms with van der Waals surface area (Å²) in [7, 11) is 3.47. The summed E-state index contributed by atoms with van der Waals surface area (Å²) in [5.74, 6) is -1.10. The van der Waals surface area contributed by atoms with Gasteiger partial charge < -0.3 is 5.01 Å². The van der Waals surface area contributed by atoms with Crippen LogP contribution >= 0.6 is 0 Å². The Hall–Kier alpha value is -1.45. The molecule has 0 saturated heterocycles. The van der Waals surface area contributed by atoms with Crippen LogP contribution in [0.1, 0.15) is 11.1 Å². The summed E-state index contributed by atoms with van der Waals surface area (Å²) in [6.45, 7) is 1.40. The number of rotatable bonds is 2. The Balaban J connectivity index is 3.01. The topological polar surface area (TPSA) is 15.6 Å². The van der Waals surface area contributed by atoms with Crippen LogP contribution in [0.15, 0.2) is 17.2 Å². The molecule has 0 aromatic heterocycles. The van der Waals surface area contributed by atoms with Gasteiger partial charge in [0.25, 0.3) is 0 Å². The van der Waals surface area contributed by atoms with Crippen LogP contribution in [-0.4, -0.2) is 25.3 Å². The standard InChI is InChI=1S/C10H12F2N2/c1-7-9(11)4-8(5-10(7)12)6-13-14(2)3/h4-6H,1-3H3/b13-6+. The Morgan fingerprint density at radius 2 is 1.71 bits per heavy atom. The molecular formula is C10H12F2N2. The lowest BCUT2D eigenvalue weighted by atomic mass is 10.1. The summed E-state index contributed by atoms with van der Waals surface area (Å²) >= 11 is 0. The smallest absolute Gasteiger partial charge is 0.129 e. The summed E-state index contributed by atoms with van der Waals surface area (Å²) in [6, 6.07) is 2.51. The number of halogens is 2. The van der Waals surface area contributed by atoms with Crippen molar-refractivity contribution in [1.29, 1.82) is 0 Å². The normalized spacial score (nSPS) is 10.9. The van der Waals surface area contributed by atoms with Crippen molar-refractivity contribution in [3.63, 3.8) is 0 Å². The predicted molar refractivity (Wildman–Crippen MR) is 52.4 cm³/mol. The van der Waals surface area contributed by atoms with Gasteiger partial charge in [0.1, 0.15) is 11.6 Å². The van der Waals surface area contributed by atoms with E-state index in [-0.39, 0.29) is 5.56 Å². The molecule has 0 bridgehead atoms. The lowest BCUT2D eigenvalue weighted by molar-refractivity contribution is 0.440. The Labute approximate surface area is 81.8 Å². The number of benzene rings is 1. The first kappa shape index (κ1) is 10.6. The van der Waals surface area contributed by atoms with E-state index < -0.39 is 11.6 Å². The first-order chi connectivity index (χ1) is 6.50. The van der Waals surface area contributed by atoms with Gasteiger partial charge in [-0.2, -0.15) is 5.10 Å². The van der Waals surface area contributed by atoms with E-state index in [1.54, 1.807) is 19.1 Å². The molecule has 0 fully saturated rings. The van der Waals surface area contributed by atoms with Crippen LogP contribution in [0.25, 0.3) is 0 Å². The van der Waals surface area contributed by atoms with Gasteiger partial charge in [-0.3, -0.25) is 0 Å². The molecule has 0 saturated carbocycles. The Bertz CT molecular complexity index is 336. The minimum atomic E-state index is -0.551. The molecule has 1 rings (SSSR count). The zero-order valence-corrected chi connectivity index (χ0v) is 8.38. The molecule has 0 N–H and O–H groups in total. The van der Waals surface area contributed by atoms with Gasteiger partial charge in [0.05, 0.1) is 6.21 Å². The lowest BCUT2D eigenvalue weighted by Crippen LogP contribution is -2.02. The van der Waals surface area contributed by atoms with Crippen LogP contribution in [0.3, 0.4) is 0 Å². The quantitative estimate of drug-likeness (QED) is 0.525. The summed E-state index contributed by atoms with van der Waals surface area (Å²) in [4.78, 5) is 0. The second-order valence-corrected chi connectivity index (χ2v) is 3.20. The highest BCUT2D eigenvalue weighted by Crippen LogP contribution is 2.12. The molecular weight excluding hydrogens is 186 g/mol. The van der Waals surface area contributed by atoms with Gasteiger partial charge in [0, 0.05) is 25.2 Å². The lowest BCUT2D eigenvalue weighted by Gasteiger charge is -2.03. The molecule has 4 heteroatoms. The zero-order valence-electron chi connectivity index (χ0n) is 8.38. The second kappa shape index (κ2) is 4.17. The van der Waals surface area contributed by atoms with Crippen LogP contribution in [0.5, 0.6) is 0 Å². The van der Waals surface area contributed by atoms with Crippen molar-refractivity contribution in [2.24, 2.45) is 5.10 Å². The van der Waals surface area contributed by atoms with Gasteiger partial charge >= 0.3 is 0 Å². The average Bonchev–Trinajstić information content (AvgIpc) is 2.10. The van der Waals surface area contributed by atoms with Crippen LogP contribution < -0.4 is 0 Å². The maximum atomic E-state index is 13.0. The number of hydrogen-bond donors (Lipinski definition) is 0. The third-order valence-electron chi connectivity index (χ3n) is 1.74. The fourth-order valence-electron chi connectivity index (χ4n) is 0.922. The fourth-order valence-corrected chi connectivity index (χ4v) is 0.922. The first-order valence-corrected chi connectivity index (χ1v) is 4.17. The molecule has 0 aliphatic rings. The maximum Gasteiger partial charge on any atom is 0.129 e. The monoisotopic (exact) mass is 198 g/mol.